The second-order valence-corrected chi connectivity index (χ2v) is 7.77. The Bertz CT molecular complexity index is 318. The monoisotopic (exact) mass is 289 g/mol. The van der Waals surface area contributed by atoms with Crippen molar-refractivity contribution in [1.82, 2.24) is 4.90 Å². The number of nitrogens with zero attached hydrogens (tertiary/aromatic N) is 1. The van der Waals surface area contributed by atoms with E-state index >= 15 is 0 Å². The van der Waals surface area contributed by atoms with E-state index in [-0.39, 0.29) is 28.5 Å². The van der Waals surface area contributed by atoms with Crippen molar-refractivity contribution in [3.05, 3.63) is 0 Å². The highest BCUT2D eigenvalue weighted by atomic mass is 32.2. The lowest BCUT2D eigenvalue weighted by Crippen LogP contribution is -2.49. The Morgan fingerprint density at radius 3 is 2.32 bits per heavy atom. The molecule has 0 aromatic heterocycles. The first-order chi connectivity index (χ1) is 8.70. The van der Waals surface area contributed by atoms with E-state index in [1.54, 1.807) is 16.7 Å². The van der Waals surface area contributed by atoms with Crippen molar-refractivity contribution in [2.45, 2.75) is 70.9 Å². The third-order valence-electron chi connectivity index (χ3n) is 3.00. The first kappa shape index (κ1) is 16.6. The fourth-order valence-electron chi connectivity index (χ4n) is 2.24. The number of thioether (sulfide) groups is 1. The maximum Gasteiger partial charge on any atom is 0.412 e. The summed E-state index contributed by atoms with van der Waals surface area (Å²) in [5.41, 5.74) is 0. The van der Waals surface area contributed by atoms with E-state index in [2.05, 4.69) is 27.7 Å². The number of amides is 1. The topological polar surface area (TPSA) is 38.8 Å². The molecule has 0 N–H and O–H groups in total. The van der Waals surface area contributed by atoms with E-state index in [0.717, 1.165) is 0 Å². The van der Waals surface area contributed by atoms with Crippen LogP contribution >= 0.6 is 11.8 Å². The maximum absolute atomic E-state index is 12.3. The van der Waals surface area contributed by atoms with Gasteiger partial charge < -0.3 is 9.47 Å². The van der Waals surface area contributed by atoms with E-state index < -0.39 is 0 Å². The van der Waals surface area contributed by atoms with E-state index in [9.17, 15) is 4.79 Å². The molecule has 0 aromatic rings. The van der Waals surface area contributed by atoms with Gasteiger partial charge in [-0.1, -0.05) is 13.8 Å². The molecule has 1 heterocycles. The van der Waals surface area contributed by atoms with Gasteiger partial charge in [-0.3, -0.25) is 4.90 Å². The van der Waals surface area contributed by atoms with Gasteiger partial charge in [-0.2, -0.15) is 0 Å². The minimum absolute atomic E-state index is 0.0766. The Kier molecular flexibility index (Phi) is 5.56. The number of carbonyl (C=O) groups excluding carboxylic acids is 1. The van der Waals surface area contributed by atoms with E-state index in [1.807, 2.05) is 20.8 Å². The van der Waals surface area contributed by atoms with Crippen LogP contribution in [0.25, 0.3) is 0 Å². The van der Waals surface area contributed by atoms with E-state index in [4.69, 9.17) is 9.47 Å². The Labute approximate surface area is 121 Å². The summed E-state index contributed by atoms with van der Waals surface area (Å²) in [5.74, 6) is 0.356. The highest BCUT2D eigenvalue weighted by Crippen LogP contribution is 2.47. The van der Waals surface area contributed by atoms with Crippen LogP contribution in [0.2, 0.25) is 0 Å². The molecule has 2 atom stereocenters. The summed E-state index contributed by atoms with van der Waals surface area (Å²) >= 11 is 1.79. The molecular weight excluding hydrogens is 262 g/mol. The highest BCUT2D eigenvalue weighted by molar-refractivity contribution is 8.01. The quantitative estimate of drug-likeness (QED) is 0.791. The molecule has 0 aromatic carbocycles. The van der Waals surface area contributed by atoms with Gasteiger partial charge >= 0.3 is 6.09 Å². The lowest BCUT2D eigenvalue weighted by Gasteiger charge is -2.34. The van der Waals surface area contributed by atoms with Crippen LogP contribution in [0.3, 0.4) is 0 Å². The third kappa shape index (κ3) is 3.78. The number of rotatable bonds is 4. The van der Waals surface area contributed by atoms with Gasteiger partial charge in [0, 0.05) is 0 Å². The lowest BCUT2D eigenvalue weighted by molar-refractivity contribution is -0.0914. The first-order valence-electron chi connectivity index (χ1n) is 6.99. The van der Waals surface area contributed by atoms with Crippen molar-refractivity contribution < 1.29 is 14.3 Å². The minimum Gasteiger partial charge on any atom is -0.450 e. The zero-order chi connectivity index (χ0) is 14.8. The average molecular weight is 289 g/mol. The molecule has 4 nitrogen and oxygen atoms in total. The molecule has 1 fully saturated rings. The van der Waals surface area contributed by atoms with Gasteiger partial charge in [0.1, 0.15) is 0 Å². The molecule has 1 aliphatic rings. The van der Waals surface area contributed by atoms with Crippen LogP contribution in [0.15, 0.2) is 0 Å². The molecule has 19 heavy (non-hydrogen) atoms. The number of ether oxygens (including phenoxy) is 2. The molecule has 2 unspecified atom stereocenters. The Morgan fingerprint density at radius 2 is 1.89 bits per heavy atom. The van der Waals surface area contributed by atoms with Crippen molar-refractivity contribution in [1.29, 1.82) is 0 Å². The summed E-state index contributed by atoms with van der Waals surface area (Å²) in [6.07, 6.45) is -0.443. The number of hydrogen-bond acceptors (Lipinski definition) is 4. The molecule has 112 valence electrons. The van der Waals surface area contributed by atoms with Crippen LogP contribution in [0, 0.1) is 5.92 Å². The molecule has 0 radical (unpaired) electrons. The van der Waals surface area contributed by atoms with Gasteiger partial charge in [0.2, 0.25) is 0 Å². The van der Waals surface area contributed by atoms with Gasteiger partial charge in [-0.25, -0.2) is 4.79 Å². The Hall–Kier alpha value is -0.420. The largest absolute Gasteiger partial charge is 0.450 e. The van der Waals surface area contributed by atoms with E-state index in [0.29, 0.717) is 12.5 Å². The summed E-state index contributed by atoms with van der Waals surface area (Å²) in [5, 5.41) is 0.0952. The second kappa shape index (κ2) is 6.35. The van der Waals surface area contributed by atoms with Gasteiger partial charge in [0.15, 0.2) is 6.23 Å². The minimum atomic E-state index is -0.273. The molecule has 1 rings (SSSR count). The summed E-state index contributed by atoms with van der Waals surface area (Å²) < 4.78 is 11.1. The van der Waals surface area contributed by atoms with Crippen molar-refractivity contribution in [2.24, 2.45) is 5.92 Å². The van der Waals surface area contributed by atoms with Gasteiger partial charge in [-0.15, -0.1) is 11.8 Å². The maximum atomic E-state index is 12.3. The molecule has 1 aliphatic heterocycles. The normalized spacial score (nSPS) is 26.3. The first-order valence-corrected chi connectivity index (χ1v) is 7.87. The Balaban J connectivity index is 3.02. The Morgan fingerprint density at radius 1 is 1.32 bits per heavy atom. The molecular formula is C14H27NO3S. The summed E-state index contributed by atoms with van der Waals surface area (Å²) in [7, 11) is 0. The molecule has 0 aliphatic carbocycles. The number of hydrogen-bond donors (Lipinski definition) is 0. The highest BCUT2D eigenvalue weighted by Gasteiger charge is 2.52. The molecule has 1 saturated heterocycles. The summed E-state index contributed by atoms with van der Waals surface area (Å²) in [4.78, 5) is 14.0. The predicted molar refractivity (Wildman–Crippen MR) is 79.2 cm³/mol. The third-order valence-corrected chi connectivity index (χ3v) is 4.82. The second-order valence-electron chi connectivity index (χ2n) is 6.00. The summed E-state index contributed by atoms with van der Waals surface area (Å²) in [6, 6.07) is 0. The standard InChI is InChI=1S/C14H27NO3S/c1-8-17-13(16)15-11(9(2)3)19-14(6,7)12(15)18-10(4)5/h9-12H,8H2,1-7H3. The van der Waals surface area contributed by atoms with Crippen molar-refractivity contribution in [3.8, 4) is 0 Å². The van der Waals surface area contributed by atoms with Crippen molar-refractivity contribution >= 4 is 17.9 Å². The van der Waals surface area contributed by atoms with Crippen molar-refractivity contribution in [2.75, 3.05) is 6.61 Å². The molecule has 5 heteroatoms. The van der Waals surface area contributed by atoms with Gasteiger partial charge in [-0.05, 0) is 40.5 Å². The van der Waals surface area contributed by atoms with Crippen LogP contribution in [0.5, 0.6) is 0 Å². The molecule has 0 bridgehead atoms. The predicted octanol–water partition coefficient (Wildman–Crippen LogP) is 3.70. The lowest BCUT2D eigenvalue weighted by atomic mass is 10.1. The van der Waals surface area contributed by atoms with Crippen LogP contribution in [-0.2, 0) is 9.47 Å². The van der Waals surface area contributed by atoms with Crippen LogP contribution in [0.4, 0.5) is 4.79 Å². The van der Waals surface area contributed by atoms with Crippen LogP contribution < -0.4 is 0 Å². The molecule has 1 amide bonds. The fraction of sp³-hybridized carbons (Fsp3) is 0.929. The fourth-order valence-corrected chi connectivity index (χ4v) is 3.73. The number of carbonyl (C=O) groups is 1. The zero-order valence-electron chi connectivity index (χ0n) is 13.1. The SMILES string of the molecule is CCOC(=O)N1C(C(C)C)SC(C)(C)C1OC(C)C. The van der Waals surface area contributed by atoms with E-state index in [1.165, 1.54) is 0 Å². The molecule has 0 saturated carbocycles. The molecule has 0 spiro atoms. The van der Waals surface area contributed by atoms with Crippen LogP contribution in [0.1, 0.15) is 48.5 Å². The van der Waals surface area contributed by atoms with Crippen molar-refractivity contribution in [3.63, 3.8) is 0 Å². The summed E-state index contributed by atoms with van der Waals surface area (Å²) in [6.45, 7) is 14.7. The van der Waals surface area contributed by atoms with Gasteiger partial charge in [0.05, 0.1) is 22.8 Å². The van der Waals surface area contributed by atoms with Crippen LogP contribution in [-0.4, -0.2) is 40.1 Å². The zero-order valence-corrected chi connectivity index (χ0v) is 13.9. The van der Waals surface area contributed by atoms with Gasteiger partial charge in [0.25, 0.3) is 0 Å². The average Bonchev–Trinajstić information content (AvgIpc) is 2.51. The smallest absolute Gasteiger partial charge is 0.412 e.